The van der Waals surface area contributed by atoms with Crippen molar-refractivity contribution in [1.29, 1.82) is 0 Å². The second-order valence-corrected chi connectivity index (χ2v) is 2.97. The van der Waals surface area contributed by atoms with Gasteiger partial charge in [-0.15, -0.1) is 0 Å². The Balaban J connectivity index is 2.15. The molecule has 0 radical (unpaired) electrons. The molecule has 0 aliphatic carbocycles. The maximum atomic E-state index is 4.96. The van der Waals surface area contributed by atoms with Crippen LogP contribution >= 0.6 is 0 Å². The Hall–Kier alpha value is -0.830. The lowest BCUT2D eigenvalue weighted by Gasteiger charge is -1.96. The number of aromatic nitrogens is 2. The SMILES string of the molecule is COCCCCc1cnn(C)c1. The van der Waals surface area contributed by atoms with Crippen molar-refractivity contribution in [1.82, 2.24) is 9.78 Å². The lowest BCUT2D eigenvalue weighted by Crippen LogP contribution is -1.90. The van der Waals surface area contributed by atoms with Crippen molar-refractivity contribution in [3.63, 3.8) is 0 Å². The fourth-order valence-corrected chi connectivity index (χ4v) is 1.18. The standard InChI is InChI=1S/C9H16N2O/c1-11-8-9(7-10-11)5-3-4-6-12-2/h7-8H,3-6H2,1-2H3. The fourth-order valence-electron chi connectivity index (χ4n) is 1.18. The number of rotatable bonds is 5. The largest absolute Gasteiger partial charge is 0.385 e. The molecule has 68 valence electrons. The summed E-state index contributed by atoms with van der Waals surface area (Å²) < 4.78 is 6.80. The molecule has 0 bridgehead atoms. The zero-order valence-electron chi connectivity index (χ0n) is 7.79. The first kappa shape index (κ1) is 9.26. The van der Waals surface area contributed by atoms with Crippen LogP contribution in [-0.2, 0) is 18.2 Å². The highest BCUT2D eigenvalue weighted by Gasteiger charge is 1.95. The van der Waals surface area contributed by atoms with E-state index in [1.807, 2.05) is 17.9 Å². The van der Waals surface area contributed by atoms with Gasteiger partial charge in [0.25, 0.3) is 0 Å². The van der Waals surface area contributed by atoms with Crippen molar-refractivity contribution >= 4 is 0 Å². The van der Waals surface area contributed by atoms with Gasteiger partial charge in [-0.2, -0.15) is 5.10 Å². The van der Waals surface area contributed by atoms with E-state index < -0.39 is 0 Å². The third-order valence-electron chi connectivity index (χ3n) is 1.82. The minimum Gasteiger partial charge on any atom is -0.385 e. The van der Waals surface area contributed by atoms with Gasteiger partial charge in [-0.1, -0.05) is 0 Å². The van der Waals surface area contributed by atoms with E-state index >= 15 is 0 Å². The molecular formula is C9H16N2O. The predicted molar refractivity (Wildman–Crippen MR) is 48.0 cm³/mol. The van der Waals surface area contributed by atoms with Crippen LogP contribution in [0.4, 0.5) is 0 Å². The molecule has 0 aromatic carbocycles. The van der Waals surface area contributed by atoms with Gasteiger partial charge in [0.2, 0.25) is 0 Å². The monoisotopic (exact) mass is 168 g/mol. The summed E-state index contributed by atoms with van der Waals surface area (Å²) in [5.74, 6) is 0. The molecule has 12 heavy (non-hydrogen) atoms. The van der Waals surface area contributed by atoms with E-state index in [4.69, 9.17) is 4.74 Å². The molecule has 0 amide bonds. The summed E-state index contributed by atoms with van der Waals surface area (Å²) in [5, 5.41) is 4.10. The number of ether oxygens (including phenoxy) is 1. The van der Waals surface area contributed by atoms with E-state index in [2.05, 4.69) is 11.3 Å². The van der Waals surface area contributed by atoms with Crippen LogP contribution in [0.2, 0.25) is 0 Å². The summed E-state index contributed by atoms with van der Waals surface area (Å²) in [6, 6.07) is 0. The molecule has 0 N–H and O–H groups in total. The van der Waals surface area contributed by atoms with Gasteiger partial charge in [0.15, 0.2) is 0 Å². The zero-order chi connectivity index (χ0) is 8.81. The number of nitrogens with zero attached hydrogens (tertiary/aromatic N) is 2. The van der Waals surface area contributed by atoms with E-state index in [-0.39, 0.29) is 0 Å². The summed E-state index contributed by atoms with van der Waals surface area (Å²) in [6.07, 6.45) is 7.40. The Labute approximate surface area is 73.3 Å². The maximum Gasteiger partial charge on any atom is 0.0521 e. The highest BCUT2D eigenvalue weighted by molar-refractivity contribution is 5.03. The summed E-state index contributed by atoms with van der Waals surface area (Å²) in [4.78, 5) is 0. The van der Waals surface area contributed by atoms with Gasteiger partial charge in [-0.05, 0) is 24.8 Å². The Morgan fingerprint density at radius 1 is 1.50 bits per heavy atom. The highest BCUT2D eigenvalue weighted by Crippen LogP contribution is 2.02. The van der Waals surface area contributed by atoms with Gasteiger partial charge in [0.1, 0.15) is 0 Å². The molecule has 1 aromatic heterocycles. The van der Waals surface area contributed by atoms with Gasteiger partial charge in [0.05, 0.1) is 6.20 Å². The van der Waals surface area contributed by atoms with Crippen molar-refractivity contribution in [3.8, 4) is 0 Å². The quantitative estimate of drug-likeness (QED) is 0.621. The molecule has 3 heteroatoms. The first-order valence-electron chi connectivity index (χ1n) is 4.29. The molecule has 1 aromatic rings. The van der Waals surface area contributed by atoms with Gasteiger partial charge in [-0.3, -0.25) is 4.68 Å². The summed E-state index contributed by atoms with van der Waals surface area (Å²) in [6.45, 7) is 0.861. The Morgan fingerprint density at radius 3 is 2.92 bits per heavy atom. The minimum absolute atomic E-state index is 0.861. The molecule has 1 heterocycles. The van der Waals surface area contributed by atoms with Crippen LogP contribution in [0, 0.1) is 0 Å². The number of hydrogen-bond acceptors (Lipinski definition) is 2. The third kappa shape index (κ3) is 3.05. The Bertz CT molecular complexity index is 220. The third-order valence-corrected chi connectivity index (χ3v) is 1.82. The first-order chi connectivity index (χ1) is 5.83. The number of methoxy groups -OCH3 is 1. The Morgan fingerprint density at radius 2 is 2.33 bits per heavy atom. The van der Waals surface area contributed by atoms with Crippen LogP contribution in [0.3, 0.4) is 0 Å². The van der Waals surface area contributed by atoms with Crippen LogP contribution < -0.4 is 0 Å². The van der Waals surface area contributed by atoms with E-state index in [1.165, 1.54) is 12.0 Å². The molecule has 0 fully saturated rings. The van der Waals surface area contributed by atoms with E-state index in [0.717, 1.165) is 19.4 Å². The van der Waals surface area contributed by atoms with E-state index in [9.17, 15) is 0 Å². The number of unbranched alkanes of at least 4 members (excludes halogenated alkanes) is 1. The van der Waals surface area contributed by atoms with E-state index in [0.29, 0.717) is 0 Å². The van der Waals surface area contributed by atoms with Crippen LogP contribution in [0.5, 0.6) is 0 Å². The van der Waals surface area contributed by atoms with Crippen molar-refractivity contribution in [2.45, 2.75) is 19.3 Å². The first-order valence-corrected chi connectivity index (χ1v) is 4.29. The molecule has 0 aliphatic rings. The number of hydrogen-bond donors (Lipinski definition) is 0. The summed E-state index contributed by atoms with van der Waals surface area (Å²) >= 11 is 0. The maximum absolute atomic E-state index is 4.96. The molecule has 0 atom stereocenters. The van der Waals surface area contributed by atoms with Crippen LogP contribution in [-0.4, -0.2) is 23.5 Å². The molecule has 0 aliphatic heterocycles. The lowest BCUT2D eigenvalue weighted by molar-refractivity contribution is 0.193. The second-order valence-electron chi connectivity index (χ2n) is 2.97. The van der Waals surface area contributed by atoms with Gasteiger partial charge in [0, 0.05) is 27.0 Å². The Kier molecular flexibility index (Phi) is 3.80. The molecule has 3 nitrogen and oxygen atoms in total. The van der Waals surface area contributed by atoms with Gasteiger partial charge >= 0.3 is 0 Å². The highest BCUT2D eigenvalue weighted by atomic mass is 16.5. The number of aryl methyl sites for hydroxylation is 2. The average Bonchev–Trinajstić information content (AvgIpc) is 2.45. The molecule has 0 unspecified atom stereocenters. The molecular weight excluding hydrogens is 152 g/mol. The van der Waals surface area contributed by atoms with Crippen LogP contribution in [0.25, 0.3) is 0 Å². The van der Waals surface area contributed by atoms with E-state index in [1.54, 1.807) is 7.11 Å². The molecule has 0 spiro atoms. The molecule has 0 saturated carbocycles. The molecule has 1 rings (SSSR count). The zero-order valence-corrected chi connectivity index (χ0v) is 7.79. The topological polar surface area (TPSA) is 27.1 Å². The van der Waals surface area contributed by atoms with Gasteiger partial charge in [-0.25, -0.2) is 0 Å². The second kappa shape index (κ2) is 4.93. The average molecular weight is 168 g/mol. The molecule has 0 saturated heterocycles. The van der Waals surface area contributed by atoms with Crippen LogP contribution in [0.15, 0.2) is 12.4 Å². The van der Waals surface area contributed by atoms with Crippen molar-refractivity contribution in [3.05, 3.63) is 18.0 Å². The smallest absolute Gasteiger partial charge is 0.0521 e. The van der Waals surface area contributed by atoms with Crippen molar-refractivity contribution in [2.75, 3.05) is 13.7 Å². The lowest BCUT2D eigenvalue weighted by atomic mass is 10.2. The van der Waals surface area contributed by atoms with Crippen molar-refractivity contribution < 1.29 is 4.74 Å². The van der Waals surface area contributed by atoms with Crippen molar-refractivity contribution in [2.24, 2.45) is 7.05 Å². The normalized spacial score (nSPS) is 10.5. The predicted octanol–water partition coefficient (Wildman–Crippen LogP) is 1.39. The van der Waals surface area contributed by atoms with Gasteiger partial charge < -0.3 is 4.74 Å². The summed E-state index contributed by atoms with van der Waals surface area (Å²) in [5.41, 5.74) is 1.31. The van der Waals surface area contributed by atoms with Crippen LogP contribution in [0.1, 0.15) is 18.4 Å². The summed E-state index contributed by atoms with van der Waals surface area (Å²) in [7, 11) is 3.68. The fraction of sp³-hybridized carbons (Fsp3) is 0.667. The minimum atomic E-state index is 0.861.